The van der Waals surface area contributed by atoms with E-state index in [1.54, 1.807) is 4.90 Å². The summed E-state index contributed by atoms with van der Waals surface area (Å²) in [5, 5.41) is 4.26. The van der Waals surface area contributed by atoms with E-state index in [0.717, 1.165) is 25.2 Å². The van der Waals surface area contributed by atoms with Gasteiger partial charge in [-0.1, -0.05) is 30.3 Å². The van der Waals surface area contributed by atoms with Crippen molar-refractivity contribution in [3.63, 3.8) is 0 Å². The summed E-state index contributed by atoms with van der Waals surface area (Å²) in [5.41, 5.74) is 2.30. The zero-order valence-electron chi connectivity index (χ0n) is 15.0. The van der Waals surface area contributed by atoms with E-state index in [0.29, 0.717) is 19.7 Å². The SMILES string of the molecule is CCn1cc(CN(C)C(=O)C2CN(Cc3ccccc3)CCO2)cn1. The summed E-state index contributed by atoms with van der Waals surface area (Å²) in [6.07, 6.45) is 3.40. The molecule has 1 aliphatic rings. The first-order chi connectivity index (χ1) is 12.2. The number of hydrogen-bond acceptors (Lipinski definition) is 4. The molecule has 1 fully saturated rings. The van der Waals surface area contributed by atoms with Crippen LogP contribution in [0.15, 0.2) is 42.7 Å². The van der Waals surface area contributed by atoms with Crippen LogP contribution in [0.4, 0.5) is 0 Å². The number of benzene rings is 1. The fourth-order valence-corrected chi connectivity index (χ4v) is 3.10. The Morgan fingerprint density at radius 1 is 1.32 bits per heavy atom. The smallest absolute Gasteiger partial charge is 0.253 e. The van der Waals surface area contributed by atoms with Crippen LogP contribution in [0.25, 0.3) is 0 Å². The van der Waals surface area contributed by atoms with Crippen LogP contribution >= 0.6 is 0 Å². The van der Waals surface area contributed by atoms with E-state index < -0.39 is 6.10 Å². The van der Waals surface area contributed by atoms with Crippen molar-refractivity contribution in [3.8, 4) is 0 Å². The van der Waals surface area contributed by atoms with Crippen molar-refractivity contribution >= 4 is 5.91 Å². The van der Waals surface area contributed by atoms with Gasteiger partial charge in [0, 0.05) is 51.5 Å². The third kappa shape index (κ3) is 4.67. The number of morpholine rings is 1. The van der Waals surface area contributed by atoms with E-state index in [-0.39, 0.29) is 5.91 Å². The lowest BCUT2D eigenvalue weighted by molar-refractivity contribution is -0.148. The normalized spacial score (nSPS) is 18.2. The molecule has 0 saturated carbocycles. The molecular formula is C19H26N4O2. The predicted molar refractivity (Wildman–Crippen MR) is 95.8 cm³/mol. The van der Waals surface area contributed by atoms with E-state index >= 15 is 0 Å². The first-order valence-electron chi connectivity index (χ1n) is 8.80. The van der Waals surface area contributed by atoms with Crippen molar-refractivity contribution in [1.82, 2.24) is 19.6 Å². The van der Waals surface area contributed by atoms with Gasteiger partial charge in [-0.15, -0.1) is 0 Å². The molecule has 1 aromatic carbocycles. The van der Waals surface area contributed by atoms with Gasteiger partial charge in [-0.25, -0.2) is 0 Å². The summed E-state index contributed by atoms with van der Waals surface area (Å²) < 4.78 is 7.61. The molecule has 0 N–H and O–H groups in total. The summed E-state index contributed by atoms with van der Waals surface area (Å²) in [7, 11) is 1.82. The molecule has 0 aliphatic carbocycles. The molecule has 0 bridgehead atoms. The van der Waals surface area contributed by atoms with Crippen molar-refractivity contribution < 1.29 is 9.53 Å². The van der Waals surface area contributed by atoms with Gasteiger partial charge in [0.1, 0.15) is 6.10 Å². The van der Waals surface area contributed by atoms with Crippen LogP contribution in [0.3, 0.4) is 0 Å². The molecule has 1 saturated heterocycles. The molecular weight excluding hydrogens is 316 g/mol. The topological polar surface area (TPSA) is 50.6 Å². The average Bonchev–Trinajstić information content (AvgIpc) is 3.09. The molecule has 6 nitrogen and oxygen atoms in total. The molecule has 134 valence electrons. The molecule has 2 heterocycles. The molecule has 0 radical (unpaired) electrons. The number of aromatic nitrogens is 2. The molecule has 0 spiro atoms. The predicted octanol–water partition coefficient (Wildman–Crippen LogP) is 1.76. The number of likely N-dealkylation sites (N-methyl/N-ethyl adjacent to an activating group) is 1. The summed E-state index contributed by atoms with van der Waals surface area (Å²) >= 11 is 0. The Hall–Kier alpha value is -2.18. The van der Waals surface area contributed by atoms with E-state index in [1.165, 1.54) is 5.56 Å². The Kier molecular flexibility index (Phi) is 5.83. The highest BCUT2D eigenvalue weighted by Crippen LogP contribution is 2.13. The lowest BCUT2D eigenvalue weighted by Gasteiger charge is -2.34. The zero-order chi connectivity index (χ0) is 17.6. The summed E-state index contributed by atoms with van der Waals surface area (Å²) in [6, 6.07) is 10.3. The van der Waals surface area contributed by atoms with E-state index in [9.17, 15) is 4.79 Å². The second-order valence-corrected chi connectivity index (χ2v) is 6.48. The fraction of sp³-hybridized carbons (Fsp3) is 0.474. The van der Waals surface area contributed by atoms with E-state index in [2.05, 4.69) is 22.1 Å². The standard InChI is InChI=1S/C19H26N4O2/c1-3-23-14-17(11-20-23)12-21(2)19(24)18-15-22(9-10-25-18)13-16-7-5-4-6-8-16/h4-8,11,14,18H,3,9-10,12-13,15H2,1-2H3. The molecule has 1 amide bonds. The molecule has 3 rings (SSSR count). The average molecular weight is 342 g/mol. The Labute approximate surface area is 149 Å². The van der Waals surface area contributed by atoms with Gasteiger partial charge in [0.25, 0.3) is 5.91 Å². The second kappa shape index (κ2) is 8.27. The van der Waals surface area contributed by atoms with Crippen LogP contribution in [0.2, 0.25) is 0 Å². The van der Waals surface area contributed by atoms with Gasteiger partial charge >= 0.3 is 0 Å². The molecule has 1 aliphatic heterocycles. The van der Waals surface area contributed by atoms with Crippen molar-refractivity contribution in [2.24, 2.45) is 0 Å². The lowest BCUT2D eigenvalue weighted by Crippen LogP contribution is -2.49. The number of carbonyl (C=O) groups is 1. The fourth-order valence-electron chi connectivity index (χ4n) is 3.10. The summed E-state index contributed by atoms with van der Waals surface area (Å²) in [4.78, 5) is 16.7. The van der Waals surface area contributed by atoms with Crippen LogP contribution in [0, 0.1) is 0 Å². The van der Waals surface area contributed by atoms with Gasteiger partial charge in [-0.05, 0) is 12.5 Å². The van der Waals surface area contributed by atoms with Gasteiger partial charge in [-0.3, -0.25) is 14.4 Å². The minimum absolute atomic E-state index is 0.0296. The first-order valence-corrected chi connectivity index (χ1v) is 8.80. The number of rotatable bonds is 6. The Morgan fingerprint density at radius 3 is 2.84 bits per heavy atom. The summed E-state index contributed by atoms with van der Waals surface area (Å²) in [5.74, 6) is 0.0296. The Bertz CT molecular complexity index is 686. The van der Waals surface area contributed by atoms with Gasteiger partial charge in [0.15, 0.2) is 0 Å². The molecule has 1 aromatic heterocycles. The highest BCUT2D eigenvalue weighted by molar-refractivity contribution is 5.81. The molecule has 6 heteroatoms. The Morgan fingerprint density at radius 2 is 2.12 bits per heavy atom. The Balaban J connectivity index is 1.55. The van der Waals surface area contributed by atoms with Gasteiger partial charge in [0.05, 0.1) is 12.8 Å². The second-order valence-electron chi connectivity index (χ2n) is 6.48. The highest BCUT2D eigenvalue weighted by Gasteiger charge is 2.29. The number of aryl methyl sites for hydroxylation is 1. The minimum atomic E-state index is -0.399. The summed E-state index contributed by atoms with van der Waals surface area (Å²) in [6.45, 7) is 6.35. The largest absolute Gasteiger partial charge is 0.366 e. The number of hydrogen-bond donors (Lipinski definition) is 0. The van der Waals surface area contributed by atoms with Crippen LogP contribution in [0.1, 0.15) is 18.1 Å². The maximum absolute atomic E-state index is 12.7. The van der Waals surface area contributed by atoms with Crippen molar-refractivity contribution in [3.05, 3.63) is 53.9 Å². The van der Waals surface area contributed by atoms with Crippen molar-refractivity contribution in [2.45, 2.75) is 32.7 Å². The molecule has 1 atom stereocenters. The maximum Gasteiger partial charge on any atom is 0.253 e. The first kappa shape index (κ1) is 17.6. The maximum atomic E-state index is 12.7. The minimum Gasteiger partial charge on any atom is -0.366 e. The monoisotopic (exact) mass is 342 g/mol. The van der Waals surface area contributed by atoms with E-state index in [1.807, 2.05) is 49.2 Å². The quantitative estimate of drug-likeness (QED) is 0.803. The van der Waals surface area contributed by atoms with Gasteiger partial charge in [-0.2, -0.15) is 5.10 Å². The van der Waals surface area contributed by atoms with Crippen LogP contribution in [-0.2, 0) is 29.2 Å². The van der Waals surface area contributed by atoms with Crippen LogP contribution in [0.5, 0.6) is 0 Å². The number of nitrogens with zero attached hydrogens (tertiary/aromatic N) is 4. The van der Waals surface area contributed by atoms with Crippen LogP contribution in [-0.4, -0.2) is 58.3 Å². The van der Waals surface area contributed by atoms with Crippen LogP contribution < -0.4 is 0 Å². The number of amides is 1. The van der Waals surface area contributed by atoms with Crippen molar-refractivity contribution in [2.75, 3.05) is 26.7 Å². The highest BCUT2D eigenvalue weighted by atomic mass is 16.5. The third-order valence-corrected chi connectivity index (χ3v) is 4.48. The van der Waals surface area contributed by atoms with E-state index in [4.69, 9.17) is 4.74 Å². The zero-order valence-corrected chi connectivity index (χ0v) is 15.0. The molecule has 25 heavy (non-hydrogen) atoms. The molecule has 1 unspecified atom stereocenters. The van der Waals surface area contributed by atoms with Crippen molar-refractivity contribution in [1.29, 1.82) is 0 Å². The lowest BCUT2D eigenvalue weighted by atomic mass is 10.1. The third-order valence-electron chi connectivity index (χ3n) is 4.48. The number of carbonyl (C=O) groups excluding carboxylic acids is 1. The van der Waals surface area contributed by atoms with Gasteiger partial charge < -0.3 is 9.64 Å². The van der Waals surface area contributed by atoms with Gasteiger partial charge in [0.2, 0.25) is 0 Å². The molecule has 2 aromatic rings. The number of ether oxygens (including phenoxy) is 1.